The van der Waals surface area contributed by atoms with Gasteiger partial charge in [-0.2, -0.15) is 0 Å². The van der Waals surface area contributed by atoms with Crippen LogP contribution in [0.3, 0.4) is 0 Å². The van der Waals surface area contributed by atoms with Gasteiger partial charge in [0.15, 0.2) is 0 Å². The van der Waals surface area contributed by atoms with Crippen molar-refractivity contribution >= 4 is 34.8 Å². The number of likely N-dealkylation sites (tertiary alicyclic amines) is 1. The number of aromatic amines is 1. The summed E-state index contributed by atoms with van der Waals surface area (Å²) in [5, 5.41) is 7.12. The minimum atomic E-state index is -0.184. The maximum absolute atomic E-state index is 13.0. The molecule has 0 radical (unpaired) electrons. The van der Waals surface area contributed by atoms with Gasteiger partial charge in [0.1, 0.15) is 12.4 Å². The lowest BCUT2D eigenvalue weighted by atomic mass is 10.0. The second-order valence-electron chi connectivity index (χ2n) is 8.98. The highest BCUT2D eigenvalue weighted by molar-refractivity contribution is 6.31. The molecule has 0 spiro atoms. The number of fused-ring (bicyclic) bond motifs is 1. The minimum Gasteiger partial charge on any atom is -0.489 e. The molecule has 3 N–H and O–H groups in total. The molecule has 2 aliphatic heterocycles. The summed E-state index contributed by atoms with van der Waals surface area (Å²) >= 11 is 6.48. The number of H-pyrrole nitrogens is 1. The Hall–Kier alpha value is -3.96. The summed E-state index contributed by atoms with van der Waals surface area (Å²) < 4.78 is 6.21. The first-order valence-electron chi connectivity index (χ1n) is 12.4. The number of rotatable bonds is 7. The van der Waals surface area contributed by atoms with Gasteiger partial charge in [0, 0.05) is 47.7 Å². The van der Waals surface area contributed by atoms with Crippen LogP contribution in [0.5, 0.6) is 5.75 Å². The Labute approximate surface area is 220 Å². The van der Waals surface area contributed by atoms with Crippen LogP contribution in [0, 0.1) is 11.8 Å². The van der Waals surface area contributed by atoms with Gasteiger partial charge in [0.25, 0.3) is 11.8 Å². The predicted octanol–water partition coefficient (Wildman–Crippen LogP) is 4.33. The molecule has 190 valence electrons. The maximum Gasteiger partial charge on any atom is 0.298 e. The van der Waals surface area contributed by atoms with Crippen LogP contribution in [-0.4, -0.2) is 52.4 Å². The third-order valence-corrected chi connectivity index (χ3v) is 7.17. The fourth-order valence-electron chi connectivity index (χ4n) is 4.82. The van der Waals surface area contributed by atoms with E-state index in [1.54, 1.807) is 24.2 Å². The fraction of sp³-hybridized carbons (Fsp3) is 0.321. The summed E-state index contributed by atoms with van der Waals surface area (Å²) in [4.78, 5) is 34.6. The molecule has 2 aliphatic rings. The van der Waals surface area contributed by atoms with E-state index >= 15 is 0 Å². The zero-order chi connectivity index (χ0) is 25.9. The summed E-state index contributed by atoms with van der Waals surface area (Å²) in [6.45, 7) is 5.26. The zero-order valence-electron chi connectivity index (χ0n) is 20.8. The van der Waals surface area contributed by atoms with Gasteiger partial charge in [-0.3, -0.25) is 14.6 Å². The van der Waals surface area contributed by atoms with Gasteiger partial charge in [-0.05, 0) is 49.4 Å². The summed E-state index contributed by atoms with van der Waals surface area (Å²) in [6, 6.07) is 7.53. The summed E-state index contributed by atoms with van der Waals surface area (Å²) in [7, 11) is 0. The van der Waals surface area contributed by atoms with Gasteiger partial charge < -0.3 is 25.3 Å². The molecular formula is C28H28ClN5O3. The van der Waals surface area contributed by atoms with E-state index in [1.807, 2.05) is 31.2 Å². The lowest BCUT2D eigenvalue weighted by molar-refractivity contribution is -0.133. The van der Waals surface area contributed by atoms with E-state index in [2.05, 4.69) is 32.4 Å². The van der Waals surface area contributed by atoms with Gasteiger partial charge in [-0.15, -0.1) is 0 Å². The summed E-state index contributed by atoms with van der Waals surface area (Å²) in [5.41, 5.74) is 5.42. The van der Waals surface area contributed by atoms with E-state index in [4.69, 9.17) is 16.3 Å². The molecule has 37 heavy (non-hydrogen) atoms. The molecule has 1 fully saturated rings. The number of nitrogens with zero attached hydrogens (tertiary/aromatic N) is 2. The van der Waals surface area contributed by atoms with E-state index in [0.717, 1.165) is 41.0 Å². The first kappa shape index (κ1) is 24.7. The van der Waals surface area contributed by atoms with Crippen molar-refractivity contribution in [3.05, 3.63) is 58.5 Å². The molecule has 1 saturated heterocycles. The molecule has 8 nitrogen and oxygen atoms in total. The molecule has 4 heterocycles. The number of ether oxygens (including phenoxy) is 1. The highest BCUT2D eigenvalue weighted by Gasteiger charge is 2.33. The summed E-state index contributed by atoms with van der Waals surface area (Å²) in [5.74, 6) is 5.50. The van der Waals surface area contributed by atoms with Crippen molar-refractivity contribution in [2.45, 2.75) is 39.2 Å². The molecule has 0 unspecified atom stereocenters. The van der Waals surface area contributed by atoms with E-state index in [-0.39, 0.29) is 17.9 Å². The SMILES string of the molecule is CC#CC(=O)N1CC[C@@H]1COc1cnccc1-c1[nH]c2c(c1Nc1cccc(Cl)c1CC)C(=O)NCC2. The molecule has 0 bridgehead atoms. The molecule has 5 rings (SSSR count). The van der Waals surface area contributed by atoms with E-state index in [9.17, 15) is 9.59 Å². The van der Waals surface area contributed by atoms with Crippen LogP contribution in [-0.2, 0) is 17.6 Å². The summed E-state index contributed by atoms with van der Waals surface area (Å²) in [6.07, 6.45) is 5.62. The molecule has 9 heteroatoms. The van der Waals surface area contributed by atoms with Crippen LogP contribution in [0.4, 0.5) is 11.4 Å². The Balaban J connectivity index is 1.51. The van der Waals surface area contributed by atoms with E-state index in [1.165, 1.54) is 0 Å². The third kappa shape index (κ3) is 4.75. The monoisotopic (exact) mass is 517 g/mol. The standard InChI is InChI=1S/C28H28ClN5O3/c1-3-6-24(35)34-14-11-17(34)16-37-23-15-30-12-9-19(23)26-27(25-22(33-26)10-13-31-28(25)36)32-21-8-5-7-20(29)18(21)4-2/h5,7-9,12,15,17,32-33H,4,10-11,13-14,16H2,1-2H3,(H,31,36)/t17-/m1/s1. The molecule has 3 aromatic rings. The number of nitrogens with one attached hydrogen (secondary N) is 3. The lowest BCUT2D eigenvalue weighted by Gasteiger charge is -2.39. The Kier molecular flexibility index (Phi) is 7.06. The maximum atomic E-state index is 13.0. The number of hydrogen-bond donors (Lipinski definition) is 3. The molecule has 0 aliphatic carbocycles. The Morgan fingerprint density at radius 1 is 1.35 bits per heavy atom. The number of aromatic nitrogens is 2. The predicted molar refractivity (Wildman–Crippen MR) is 143 cm³/mol. The third-order valence-electron chi connectivity index (χ3n) is 6.82. The quantitative estimate of drug-likeness (QED) is 0.405. The van der Waals surface area contributed by atoms with Crippen molar-refractivity contribution in [1.29, 1.82) is 0 Å². The van der Waals surface area contributed by atoms with Crippen LogP contribution >= 0.6 is 11.6 Å². The first-order chi connectivity index (χ1) is 18.0. The largest absolute Gasteiger partial charge is 0.489 e. The van der Waals surface area contributed by atoms with Crippen molar-refractivity contribution in [1.82, 2.24) is 20.2 Å². The fourth-order valence-corrected chi connectivity index (χ4v) is 5.13. The van der Waals surface area contributed by atoms with Crippen molar-refractivity contribution in [3.63, 3.8) is 0 Å². The molecule has 0 saturated carbocycles. The van der Waals surface area contributed by atoms with Crippen LogP contribution in [0.1, 0.15) is 41.9 Å². The molecule has 2 aromatic heterocycles. The number of hydrogen-bond acceptors (Lipinski definition) is 5. The van der Waals surface area contributed by atoms with Gasteiger partial charge in [-0.25, -0.2) is 0 Å². The average molecular weight is 518 g/mol. The average Bonchev–Trinajstić information content (AvgIpc) is 3.23. The van der Waals surface area contributed by atoms with Crippen LogP contribution in [0.15, 0.2) is 36.7 Å². The van der Waals surface area contributed by atoms with Crippen LogP contribution in [0.2, 0.25) is 5.02 Å². The highest BCUT2D eigenvalue weighted by atomic mass is 35.5. The van der Waals surface area contributed by atoms with E-state index in [0.29, 0.717) is 48.1 Å². The zero-order valence-corrected chi connectivity index (χ0v) is 21.5. The smallest absolute Gasteiger partial charge is 0.298 e. The van der Waals surface area contributed by atoms with Crippen molar-refractivity contribution in [3.8, 4) is 28.8 Å². The minimum absolute atomic E-state index is 0.0415. The second-order valence-corrected chi connectivity index (χ2v) is 9.39. The van der Waals surface area contributed by atoms with Gasteiger partial charge >= 0.3 is 0 Å². The number of benzene rings is 1. The topological polar surface area (TPSA) is 99.3 Å². The second kappa shape index (κ2) is 10.6. The lowest BCUT2D eigenvalue weighted by Crippen LogP contribution is -2.53. The number of carbonyl (C=O) groups excluding carboxylic acids is 2. The van der Waals surface area contributed by atoms with Crippen LogP contribution in [0.25, 0.3) is 11.3 Å². The Bertz CT molecular complexity index is 1420. The molecule has 1 aromatic carbocycles. The van der Waals surface area contributed by atoms with Crippen molar-refractivity contribution < 1.29 is 14.3 Å². The van der Waals surface area contributed by atoms with Crippen molar-refractivity contribution in [2.75, 3.05) is 25.0 Å². The Morgan fingerprint density at radius 2 is 2.22 bits per heavy atom. The van der Waals surface area contributed by atoms with E-state index < -0.39 is 0 Å². The number of carbonyl (C=O) groups is 2. The Morgan fingerprint density at radius 3 is 2.97 bits per heavy atom. The normalized spacial score (nSPS) is 16.1. The number of pyridine rings is 1. The molecular weight excluding hydrogens is 490 g/mol. The number of halogens is 1. The van der Waals surface area contributed by atoms with Crippen molar-refractivity contribution in [2.24, 2.45) is 0 Å². The number of anilines is 2. The highest BCUT2D eigenvalue weighted by Crippen LogP contribution is 2.41. The van der Waals surface area contributed by atoms with Crippen LogP contribution < -0.4 is 15.4 Å². The van der Waals surface area contributed by atoms with Gasteiger partial charge in [0.05, 0.1) is 29.2 Å². The van der Waals surface area contributed by atoms with Gasteiger partial charge in [0.2, 0.25) is 0 Å². The molecule has 2 amide bonds. The first-order valence-corrected chi connectivity index (χ1v) is 12.8. The number of amides is 2. The molecule has 1 atom stereocenters. The van der Waals surface area contributed by atoms with Gasteiger partial charge in [-0.1, -0.05) is 30.5 Å².